The molecule has 6 nitrogen and oxygen atoms in total. The van der Waals surface area contributed by atoms with Crippen LogP contribution < -0.4 is 9.47 Å². The third kappa shape index (κ3) is 4.43. The normalized spacial score (nSPS) is 11.3. The second-order valence-corrected chi connectivity index (χ2v) is 5.39. The molecule has 27 heavy (non-hydrogen) atoms. The largest absolute Gasteiger partial charge is 0.497 e. The van der Waals surface area contributed by atoms with E-state index in [1.165, 1.54) is 24.3 Å². The Bertz CT molecular complexity index is 919. The van der Waals surface area contributed by atoms with Gasteiger partial charge in [0.15, 0.2) is 12.4 Å². The number of halogens is 3. The van der Waals surface area contributed by atoms with Crippen molar-refractivity contribution in [2.75, 3.05) is 13.7 Å². The van der Waals surface area contributed by atoms with E-state index < -0.39 is 12.1 Å². The van der Waals surface area contributed by atoms with Gasteiger partial charge in [-0.25, -0.2) is 0 Å². The number of aromatic nitrogens is 2. The maximum Gasteiger partial charge on any atom is 0.471 e. The van der Waals surface area contributed by atoms with E-state index in [-0.39, 0.29) is 18.2 Å². The van der Waals surface area contributed by atoms with Crippen molar-refractivity contribution in [3.63, 3.8) is 0 Å². The van der Waals surface area contributed by atoms with E-state index in [4.69, 9.17) is 9.47 Å². The molecule has 0 saturated heterocycles. The third-order valence-corrected chi connectivity index (χ3v) is 3.56. The number of rotatable bonds is 6. The van der Waals surface area contributed by atoms with E-state index in [0.29, 0.717) is 22.6 Å². The van der Waals surface area contributed by atoms with Crippen LogP contribution in [0.1, 0.15) is 16.2 Å². The van der Waals surface area contributed by atoms with Crippen molar-refractivity contribution in [3.05, 3.63) is 60.0 Å². The molecule has 0 aliphatic heterocycles. The third-order valence-electron chi connectivity index (χ3n) is 3.56. The van der Waals surface area contributed by atoms with Crippen molar-refractivity contribution in [2.45, 2.75) is 6.18 Å². The Hall–Kier alpha value is -3.36. The van der Waals surface area contributed by atoms with E-state index in [2.05, 4.69) is 14.7 Å². The monoisotopic (exact) mass is 378 g/mol. The molecule has 1 heterocycles. The molecule has 0 saturated carbocycles. The number of Topliss-reactive ketones (excluding diaryl/α,β-unsaturated/α-hetero) is 1. The first-order chi connectivity index (χ1) is 12.9. The van der Waals surface area contributed by atoms with E-state index in [0.717, 1.165) is 0 Å². The average molecular weight is 378 g/mol. The number of methoxy groups -OCH3 is 1. The number of carbonyl (C=O) groups is 1. The molecular weight excluding hydrogens is 365 g/mol. The highest BCUT2D eigenvalue weighted by Crippen LogP contribution is 2.29. The van der Waals surface area contributed by atoms with Gasteiger partial charge in [0, 0.05) is 11.1 Å². The maximum absolute atomic E-state index is 12.5. The number of hydrogen-bond donors (Lipinski definition) is 0. The van der Waals surface area contributed by atoms with Gasteiger partial charge in [-0.1, -0.05) is 29.4 Å². The van der Waals surface area contributed by atoms with E-state index in [9.17, 15) is 18.0 Å². The fourth-order valence-electron chi connectivity index (χ4n) is 2.17. The summed E-state index contributed by atoms with van der Waals surface area (Å²) in [4.78, 5) is 15.5. The van der Waals surface area contributed by atoms with Crippen LogP contribution in [0.5, 0.6) is 11.5 Å². The Labute approximate surface area is 151 Å². The lowest BCUT2D eigenvalue weighted by molar-refractivity contribution is -0.159. The van der Waals surface area contributed by atoms with Crippen LogP contribution in [-0.4, -0.2) is 29.6 Å². The van der Waals surface area contributed by atoms with Crippen LogP contribution in [0.25, 0.3) is 11.4 Å². The summed E-state index contributed by atoms with van der Waals surface area (Å²) >= 11 is 0. The number of benzene rings is 2. The lowest BCUT2D eigenvalue weighted by atomic mass is 10.1. The van der Waals surface area contributed by atoms with E-state index >= 15 is 0 Å². The Morgan fingerprint density at radius 2 is 1.67 bits per heavy atom. The van der Waals surface area contributed by atoms with Gasteiger partial charge in [-0.2, -0.15) is 18.2 Å². The Morgan fingerprint density at radius 3 is 2.22 bits per heavy atom. The van der Waals surface area contributed by atoms with Gasteiger partial charge in [0.05, 0.1) is 7.11 Å². The minimum atomic E-state index is -4.71. The summed E-state index contributed by atoms with van der Waals surface area (Å²) in [6, 6.07) is 12.5. The first-order valence-corrected chi connectivity index (χ1v) is 7.68. The summed E-state index contributed by atoms with van der Waals surface area (Å²) in [6.07, 6.45) is -4.71. The maximum atomic E-state index is 12.5. The predicted octanol–water partition coefficient (Wildman–Crippen LogP) is 4.03. The second-order valence-electron chi connectivity index (χ2n) is 5.39. The van der Waals surface area contributed by atoms with Crippen molar-refractivity contribution in [1.29, 1.82) is 0 Å². The van der Waals surface area contributed by atoms with Gasteiger partial charge in [0.1, 0.15) is 11.5 Å². The standard InChI is InChI=1S/C18H13F3N2O4/c1-25-13-6-8-14(9-7-13)26-10-15(24)11-2-4-12(5-3-11)16-22-17(27-23-16)18(19,20)21/h2-9H,10H2,1H3. The molecule has 3 aromatic rings. The molecule has 0 N–H and O–H groups in total. The van der Waals surface area contributed by atoms with Crippen LogP contribution in [-0.2, 0) is 6.18 Å². The van der Waals surface area contributed by atoms with Gasteiger partial charge < -0.3 is 14.0 Å². The number of hydrogen-bond acceptors (Lipinski definition) is 6. The quantitative estimate of drug-likeness (QED) is 0.603. The Morgan fingerprint density at radius 1 is 1.04 bits per heavy atom. The minimum Gasteiger partial charge on any atom is -0.497 e. The molecule has 3 rings (SSSR count). The number of nitrogens with zero attached hydrogens (tertiary/aromatic N) is 2. The lowest BCUT2D eigenvalue weighted by Gasteiger charge is -2.07. The highest BCUT2D eigenvalue weighted by molar-refractivity contribution is 5.97. The zero-order valence-electron chi connectivity index (χ0n) is 14.0. The molecule has 0 atom stereocenters. The summed E-state index contributed by atoms with van der Waals surface area (Å²) in [5.74, 6) is -0.755. The Balaban J connectivity index is 1.63. The van der Waals surface area contributed by atoms with E-state index in [1.807, 2.05) is 0 Å². The molecule has 0 bridgehead atoms. The molecule has 0 unspecified atom stereocenters. The Kier molecular flexibility index (Phi) is 5.11. The van der Waals surface area contributed by atoms with Gasteiger partial charge in [0.25, 0.3) is 0 Å². The van der Waals surface area contributed by atoms with Gasteiger partial charge in [-0.05, 0) is 24.3 Å². The fraction of sp³-hybridized carbons (Fsp3) is 0.167. The molecule has 2 aromatic carbocycles. The van der Waals surface area contributed by atoms with Crippen LogP contribution >= 0.6 is 0 Å². The number of ketones is 1. The molecule has 1 aromatic heterocycles. The first kappa shape index (κ1) is 18.4. The van der Waals surface area contributed by atoms with Gasteiger partial charge in [-0.3, -0.25) is 4.79 Å². The van der Waals surface area contributed by atoms with Gasteiger partial charge in [-0.15, -0.1) is 0 Å². The van der Waals surface area contributed by atoms with Gasteiger partial charge >= 0.3 is 12.1 Å². The molecule has 0 spiro atoms. The smallest absolute Gasteiger partial charge is 0.471 e. The molecule has 140 valence electrons. The molecule has 0 aliphatic rings. The fourth-order valence-corrected chi connectivity index (χ4v) is 2.17. The SMILES string of the molecule is COc1ccc(OCC(=O)c2ccc(-c3noc(C(F)(F)F)n3)cc2)cc1. The molecule has 0 fully saturated rings. The van der Waals surface area contributed by atoms with Crippen LogP contribution in [0.15, 0.2) is 53.1 Å². The van der Waals surface area contributed by atoms with Crippen LogP contribution in [0, 0.1) is 0 Å². The summed E-state index contributed by atoms with van der Waals surface area (Å²) in [7, 11) is 1.54. The molecule has 0 aliphatic carbocycles. The lowest BCUT2D eigenvalue weighted by Crippen LogP contribution is -2.11. The zero-order chi connectivity index (χ0) is 19.4. The average Bonchev–Trinajstić information content (AvgIpc) is 3.17. The number of carbonyl (C=O) groups excluding carboxylic acids is 1. The summed E-state index contributed by atoms with van der Waals surface area (Å²) < 4.78 is 52.1. The van der Waals surface area contributed by atoms with Crippen LogP contribution in [0.3, 0.4) is 0 Å². The van der Waals surface area contributed by atoms with Crippen LogP contribution in [0.2, 0.25) is 0 Å². The molecule has 0 radical (unpaired) electrons. The van der Waals surface area contributed by atoms with Crippen molar-refractivity contribution in [3.8, 4) is 22.9 Å². The van der Waals surface area contributed by atoms with Crippen molar-refractivity contribution < 1.29 is 32.0 Å². The highest BCUT2D eigenvalue weighted by atomic mass is 19.4. The number of alkyl halides is 3. The van der Waals surface area contributed by atoms with E-state index in [1.54, 1.807) is 31.4 Å². The molecule has 9 heteroatoms. The molecule has 0 amide bonds. The molecular formula is C18H13F3N2O4. The van der Waals surface area contributed by atoms with Crippen molar-refractivity contribution >= 4 is 5.78 Å². The number of ether oxygens (including phenoxy) is 2. The summed E-state index contributed by atoms with van der Waals surface area (Å²) in [6.45, 7) is -0.188. The van der Waals surface area contributed by atoms with Gasteiger partial charge in [0.2, 0.25) is 5.82 Å². The highest BCUT2D eigenvalue weighted by Gasteiger charge is 2.38. The zero-order valence-corrected chi connectivity index (χ0v) is 14.0. The first-order valence-electron chi connectivity index (χ1n) is 7.68. The van der Waals surface area contributed by atoms with Crippen molar-refractivity contribution in [2.24, 2.45) is 0 Å². The summed E-state index contributed by atoms with van der Waals surface area (Å²) in [5.41, 5.74) is 0.633. The minimum absolute atomic E-state index is 0.188. The second kappa shape index (κ2) is 7.48. The predicted molar refractivity (Wildman–Crippen MR) is 87.6 cm³/mol. The van der Waals surface area contributed by atoms with Crippen molar-refractivity contribution in [1.82, 2.24) is 10.1 Å². The topological polar surface area (TPSA) is 74.5 Å². The summed E-state index contributed by atoms with van der Waals surface area (Å²) in [5, 5.41) is 3.29. The van der Waals surface area contributed by atoms with Crippen LogP contribution in [0.4, 0.5) is 13.2 Å².